The predicted molar refractivity (Wildman–Crippen MR) is 58.8 cm³/mol. The van der Waals surface area contributed by atoms with Gasteiger partial charge in [0.15, 0.2) is 5.76 Å². The summed E-state index contributed by atoms with van der Waals surface area (Å²) < 4.78 is 5.19. The average molecular weight is 221 g/mol. The van der Waals surface area contributed by atoms with Crippen molar-refractivity contribution >= 4 is 6.08 Å². The molecule has 0 aliphatic rings. The Balaban J connectivity index is 3.09. The second-order valence-electron chi connectivity index (χ2n) is 4.57. The topological polar surface area (TPSA) is 67.3 Å². The lowest BCUT2D eigenvalue weighted by atomic mass is 10.1. The van der Waals surface area contributed by atoms with E-state index in [0.717, 1.165) is 0 Å². The van der Waals surface area contributed by atoms with E-state index >= 15 is 0 Å². The van der Waals surface area contributed by atoms with E-state index in [2.05, 4.69) is 15.2 Å². The number of aliphatic imine (C=N–C) groups is 1. The van der Waals surface area contributed by atoms with Gasteiger partial charge in [-0.25, -0.2) is 4.79 Å². The van der Waals surface area contributed by atoms with Crippen LogP contribution in [-0.4, -0.2) is 11.6 Å². The van der Waals surface area contributed by atoms with Gasteiger partial charge in [-0.3, -0.25) is 0 Å². The highest BCUT2D eigenvalue weighted by Gasteiger charge is 2.29. The van der Waals surface area contributed by atoms with Crippen LogP contribution in [0.5, 0.6) is 0 Å². The highest BCUT2D eigenvalue weighted by molar-refractivity contribution is 5.35. The Labute approximate surface area is 94.3 Å². The summed E-state index contributed by atoms with van der Waals surface area (Å²) in [7, 11) is 0. The maximum Gasteiger partial charge on any atom is 0.238 e. The van der Waals surface area contributed by atoms with Crippen LogP contribution in [0.1, 0.15) is 33.5 Å². The molecule has 0 aliphatic heterocycles. The summed E-state index contributed by atoms with van der Waals surface area (Å²) in [6.45, 7) is 7.36. The van der Waals surface area contributed by atoms with Crippen molar-refractivity contribution in [1.82, 2.24) is 0 Å². The van der Waals surface area contributed by atoms with Crippen molar-refractivity contribution in [2.24, 2.45) is 15.2 Å². The molecule has 1 unspecified atom stereocenters. The number of isocyanates is 1. The van der Waals surface area contributed by atoms with Crippen LogP contribution in [0.2, 0.25) is 0 Å². The van der Waals surface area contributed by atoms with E-state index in [1.165, 1.54) is 12.3 Å². The minimum absolute atomic E-state index is 0.327. The van der Waals surface area contributed by atoms with E-state index < -0.39 is 5.66 Å². The Morgan fingerprint density at radius 3 is 2.38 bits per heavy atom. The molecule has 1 aromatic heterocycles. The van der Waals surface area contributed by atoms with Gasteiger partial charge in [0.05, 0.1) is 11.8 Å². The van der Waals surface area contributed by atoms with Crippen LogP contribution in [0.4, 0.5) is 0 Å². The van der Waals surface area contributed by atoms with Gasteiger partial charge in [0.1, 0.15) is 0 Å². The second kappa shape index (κ2) is 4.41. The van der Waals surface area contributed by atoms with Gasteiger partial charge in [-0.05, 0) is 39.8 Å². The van der Waals surface area contributed by atoms with Crippen molar-refractivity contribution in [2.75, 3.05) is 0 Å². The van der Waals surface area contributed by atoms with Crippen LogP contribution < -0.4 is 0 Å². The summed E-state index contributed by atoms with van der Waals surface area (Å²) in [5.41, 5.74) is -1.45. The number of azo groups is 1. The fourth-order valence-electron chi connectivity index (χ4n) is 1.01. The molecule has 0 saturated carbocycles. The Kier molecular flexibility index (Phi) is 3.40. The van der Waals surface area contributed by atoms with E-state index in [0.29, 0.717) is 5.76 Å². The van der Waals surface area contributed by atoms with E-state index in [9.17, 15) is 4.79 Å². The van der Waals surface area contributed by atoms with Gasteiger partial charge in [0.2, 0.25) is 11.7 Å². The first kappa shape index (κ1) is 12.3. The van der Waals surface area contributed by atoms with Gasteiger partial charge in [-0.2, -0.15) is 15.2 Å². The molecule has 0 aromatic carbocycles. The molecule has 1 rings (SSSR count). The molecule has 5 heteroatoms. The third-order valence-corrected chi connectivity index (χ3v) is 1.80. The lowest BCUT2D eigenvalue weighted by Gasteiger charge is -2.17. The lowest BCUT2D eigenvalue weighted by molar-refractivity contribution is 0.351. The Hall–Kier alpha value is -1.74. The van der Waals surface area contributed by atoms with E-state index in [1.807, 2.05) is 20.8 Å². The van der Waals surface area contributed by atoms with Crippen molar-refractivity contribution < 1.29 is 9.21 Å². The monoisotopic (exact) mass is 221 g/mol. The molecule has 0 saturated heterocycles. The zero-order valence-electron chi connectivity index (χ0n) is 9.89. The first-order valence-electron chi connectivity index (χ1n) is 4.94. The molecular formula is C11H15N3O2. The largest absolute Gasteiger partial charge is 0.465 e. The molecule has 0 radical (unpaired) electrons. The summed E-state index contributed by atoms with van der Waals surface area (Å²) in [5, 5.41) is 8.16. The summed E-state index contributed by atoms with van der Waals surface area (Å²) >= 11 is 0. The fourth-order valence-corrected chi connectivity index (χ4v) is 1.01. The smallest absolute Gasteiger partial charge is 0.238 e. The zero-order valence-corrected chi connectivity index (χ0v) is 9.89. The molecule has 0 fully saturated rings. The maximum absolute atomic E-state index is 10.4. The molecule has 1 aromatic rings. The average Bonchev–Trinajstić information content (AvgIpc) is 2.67. The van der Waals surface area contributed by atoms with Crippen LogP contribution in [0, 0.1) is 0 Å². The first-order valence-corrected chi connectivity index (χ1v) is 4.94. The molecule has 0 bridgehead atoms. The highest BCUT2D eigenvalue weighted by Crippen LogP contribution is 2.28. The van der Waals surface area contributed by atoms with Crippen molar-refractivity contribution in [3.8, 4) is 0 Å². The van der Waals surface area contributed by atoms with Gasteiger partial charge >= 0.3 is 0 Å². The second-order valence-corrected chi connectivity index (χ2v) is 4.57. The molecule has 5 nitrogen and oxygen atoms in total. The van der Waals surface area contributed by atoms with Gasteiger partial charge in [-0.15, -0.1) is 0 Å². The number of nitrogens with zero attached hydrogens (tertiary/aromatic N) is 3. The van der Waals surface area contributed by atoms with Gasteiger partial charge in [0, 0.05) is 0 Å². The molecule has 1 atom stereocenters. The van der Waals surface area contributed by atoms with Crippen LogP contribution >= 0.6 is 0 Å². The summed E-state index contributed by atoms with van der Waals surface area (Å²) in [4.78, 5) is 14.0. The van der Waals surface area contributed by atoms with Crippen molar-refractivity contribution in [3.05, 3.63) is 24.2 Å². The normalized spacial score (nSPS) is 15.8. The molecule has 0 spiro atoms. The quantitative estimate of drug-likeness (QED) is 0.447. The van der Waals surface area contributed by atoms with E-state index in [4.69, 9.17) is 4.42 Å². The summed E-state index contributed by atoms with van der Waals surface area (Å²) in [6.07, 6.45) is 2.99. The van der Waals surface area contributed by atoms with Gasteiger partial charge in [-0.1, -0.05) is 0 Å². The van der Waals surface area contributed by atoms with Gasteiger partial charge in [0.25, 0.3) is 0 Å². The first-order chi connectivity index (χ1) is 7.37. The van der Waals surface area contributed by atoms with Gasteiger partial charge < -0.3 is 4.42 Å². The third kappa shape index (κ3) is 3.14. The zero-order chi connectivity index (χ0) is 12.2. The number of rotatable bonds is 3. The SMILES string of the molecule is CC(C)(C)N=NC(C)(N=C=O)c1ccco1. The molecule has 16 heavy (non-hydrogen) atoms. The van der Waals surface area contributed by atoms with E-state index in [1.54, 1.807) is 19.1 Å². The standard InChI is InChI=1S/C11H15N3O2/c1-10(2,3)13-14-11(4,12-8-15)9-6-5-7-16-9/h5-7H,1-4H3. The third-order valence-electron chi connectivity index (χ3n) is 1.80. The molecule has 1 heterocycles. The predicted octanol–water partition coefficient (Wildman–Crippen LogP) is 3.04. The number of furan rings is 1. The minimum atomic E-state index is -1.13. The molecule has 0 aliphatic carbocycles. The highest BCUT2D eigenvalue weighted by atomic mass is 16.3. The summed E-state index contributed by atoms with van der Waals surface area (Å²) in [5.74, 6) is 0.462. The number of hydrogen-bond donors (Lipinski definition) is 0. The summed E-state index contributed by atoms with van der Waals surface area (Å²) in [6, 6.07) is 3.41. The van der Waals surface area contributed by atoms with Crippen molar-refractivity contribution in [3.63, 3.8) is 0 Å². The lowest BCUT2D eigenvalue weighted by Crippen LogP contribution is -2.17. The molecule has 0 amide bonds. The maximum atomic E-state index is 10.4. The van der Waals surface area contributed by atoms with Crippen molar-refractivity contribution in [1.29, 1.82) is 0 Å². The Morgan fingerprint density at radius 2 is 1.94 bits per heavy atom. The van der Waals surface area contributed by atoms with E-state index in [-0.39, 0.29) is 5.54 Å². The van der Waals surface area contributed by atoms with Crippen LogP contribution in [0.25, 0.3) is 0 Å². The van der Waals surface area contributed by atoms with Crippen molar-refractivity contribution in [2.45, 2.75) is 38.9 Å². The van der Waals surface area contributed by atoms with Crippen LogP contribution in [-0.2, 0) is 10.5 Å². The number of carbonyl (C=O) groups excluding carboxylic acids is 1. The minimum Gasteiger partial charge on any atom is -0.465 e. The van der Waals surface area contributed by atoms with Crippen LogP contribution in [0.3, 0.4) is 0 Å². The molecule has 0 N–H and O–H groups in total. The number of hydrogen-bond acceptors (Lipinski definition) is 5. The fraction of sp³-hybridized carbons (Fsp3) is 0.545. The molecular weight excluding hydrogens is 206 g/mol. The Morgan fingerprint density at radius 1 is 1.25 bits per heavy atom. The Bertz CT molecular complexity index is 411. The van der Waals surface area contributed by atoms with Crippen LogP contribution in [0.15, 0.2) is 38.0 Å². The molecule has 86 valence electrons.